The number of fused-ring (bicyclic) bond motifs is 3. The van der Waals surface area contributed by atoms with Gasteiger partial charge >= 0.3 is 0 Å². The minimum Gasteiger partial charge on any atom is -0.493 e. The quantitative estimate of drug-likeness (QED) is 0.826. The van der Waals surface area contributed by atoms with Crippen LogP contribution in [-0.4, -0.2) is 57.5 Å². The highest BCUT2D eigenvalue weighted by molar-refractivity contribution is 5.80. The maximum atomic E-state index is 10.8. The highest BCUT2D eigenvalue weighted by Crippen LogP contribution is 2.48. The molecule has 1 heterocycles. The Bertz CT molecular complexity index is 834. The van der Waals surface area contributed by atoms with Crippen LogP contribution in [0.15, 0.2) is 24.3 Å². The zero-order valence-corrected chi connectivity index (χ0v) is 15.9. The number of hydrogen-bond acceptors (Lipinski definition) is 7. The molecule has 2 N–H and O–H groups in total. The first-order valence-corrected chi connectivity index (χ1v) is 8.46. The van der Waals surface area contributed by atoms with E-state index in [0.29, 0.717) is 28.7 Å². The van der Waals surface area contributed by atoms with Gasteiger partial charge in [-0.15, -0.1) is 0 Å². The van der Waals surface area contributed by atoms with Crippen molar-refractivity contribution in [1.29, 1.82) is 0 Å². The smallest absolute Gasteiger partial charge is 0.203 e. The van der Waals surface area contributed by atoms with Crippen LogP contribution in [-0.2, 0) is 6.42 Å². The van der Waals surface area contributed by atoms with Crippen LogP contribution in [0.5, 0.6) is 28.7 Å². The second-order valence-corrected chi connectivity index (χ2v) is 6.39. The lowest BCUT2D eigenvalue weighted by atomic mass is 9.88. The highest BCUT2D eigenvalue weighted by Gasteiger charge is 2.34. The van der Waals surface area contributed by atoms with Crippen molar-refractivity contribution in [2.24, 2.45) is 0 Å². The molecule has 7 heteroatoms. The van der Waals surface area contributed by atoms with E-state index in [2.05, 4.69) is 0 Å². The van der Waals surface area contributed by atoms with Crippen molar-refractivity contribution in [2.45, 2.75) is 12.0 Å². The predicted octanol–water partition coefficient (Wildman–Crippen LogP) is 2.05. The van der Waals surface area contributed by atoms with E-state index in [4.69, 9.17) is 23.7 Å². The average Bonchev–Trinajstić information content (AvgIpc) is 2.70. The van der Waals surface area contributed by atoms with Gasteiger partial charge in [0.1, 0.15) is 12.2 Å². The van der Waals surface area contributed by atoms with Gasteiger partial charge in [-0.05, 0) is 35.4 Å². The first-order chi connectivity index (χ1) is 13.0. The summed E-state index contributed by atoms with van der Waals surface area (Å²) in [7, 11) is 6.17. The summed E-state index contributed by atoms with van der Waals surface area (Å²) in [5, 5.41) is 20.6. The van der Waals surface area contributed by atoms with Gasteiger partial charge in [0.25, 0.3) is 0 Å². The van der Waals surface area contributed by atoms with Crippen molar-refractivity contribution in [1.82, 2.24) is 0 Å². The van der Waals surface area contributed by atoms with E-state index >= 15 is 0 Å². The van der Waals surface area contributed by atoms with Crippen LogP contribution in [0.25, 0.3) is 11.1 Å². The summed E-state index contributed by atoms with van der Waals surface area (Å²) in [6.07, 6.45) is 0.187. The number of methoxy groups -OCH3 is 4. The standard InChI is InChI=1S/C20H24O7/c1-23-15-6-5-13-14-8-17(25-3)16(24-2)7-12(14)9-20(22,10-21)11-27-18(13)19(15)26-4/h5-8,21-22H,9-11H2,1-4H3. The molecule has 1 atom stereocenters. The Morgan fingerprint density at radius 2 is 1.59 bits per heavy atom. The molecule has 0 fully saturated rings. The normalized spacial score (nSPS) is 18.3. The maximum Gasteiger partial charge on any atom is 0.203 e. The second-order valence-electron chi connectivity index (χ2n) is 6.39. The zero-order valence-electron chi connectivity index (χ0n) is 15.9. The molecular weight excluding hydrogens is 352 g/mol. The topological polar surface area (TPSA) is 86.6 Å². The lowest BCUT2D eigenvalue weighted by molar-refractivity contribution is -0.0476. The van der Waals surface area contributed by atoms with Crippen molar-refractivity contribution < 1.29 is 33.9 Å². The monoisotopic (exact) mass is 376 g/mol. The van der Waals surface area contributed by atoms with Gasteiger partial charge in [0.2, 0.25) is 5.75 Å². The van der Waals surface area contributed by atoms with Crippen molar-refractivity contribution in [3.63, 3.8) is 0 Å². The first kappa shape index (κ1) is 19.1. The summed E-state index contributed by atoms with van der Waals surface area (Å²) in [6.45, 7) is -0.559. The van der Waals surface area contributed by atoms with Crippen LogP contribution in [0.4, 0.5) is 0 Å². The van der Waals surface area contributed by atoms with E-state index in [9.17, 15) is 10.2 Å². The Morgan fingerprint density at radius 3 is 2.19 bits per heavy atom. The van der Waals surface area contributed by atoms with Gasteiger partial charge in [0, 0.05) is 12.0 Å². The highest BCUT2D eigenvalue weighted by atomic mass is 16.5. The van der Waals surface area contributed by atoms with Crippen LogP contribution in [0, 0.1) is 0 Å². The SMILES string of the molecule is COc1cc2c(cc1OC)-c1ccc(OC)c(OC)c1OCC(O)(CO)C2. The molecule has 146 valence electrons. The Labute approximate surface area is 158 Å². The molecule has 0 aliphatic carbocycles. The van der Waals surface area contributed by atoms with Gasteiger partial charge in [-0.2, -0.15) is 0 Å². The summed E-state index contributed by atoms with van der Waals surface area (Å²) < 4.78 is 27.6. The molecular formula is C20H24O7. The van der Waals surface area contributed by atoms with E-state index in [1.54, 1.807) is 33.5 Å². The van der Waals surface area contributed by atoms with Gasteiger partial charge in [0.05, 0.1) is 35.0 Å². The molecule has 1 unspecified atom stereocenters. The fourth-order valence-corrected chi connectivity index (χ4v) is 3.29. The van der Waals surface area contributed by atoms with Crippen LogP contribution >= 0.6 is 0 Å². The summed E-state index contributed by atoms with van der Waals surface area (Å²) in [5.74, 6) is 2.44. The van der Waals surface area contributed by atoms with Crippen LogP contribution in [0.1, 0.15) is 5.56 Å². The van der Waals surface area contributed by atoms with Gasteiger partial charge in [-0.3, -0.25) is 0 Å². The lowest BCUT2D eigenvalue weighted by Gasteiger charge is -2.31. The first-order valence-electron chi connectivity index (χ1n) is 8.46. The van der Waals surface area contributed by atoms with Crippen LogP contribution < -0.4 is 23.7 Å². The van der Waals surface area contributed by atoms with Crippen LogP contribution in [0.3, 0.4) is 0 Å². The molecule has 1 aliphatic heterocycles. The van der Waals surface area contributed by atoms with E-state index in [1.807, 2.05) is 12.1 Å². The number of ether oxygens (including phenoxy) is 5. The second kappa shape index (κ2) is 7.54. The molecule has 0 radical (unpaired) electrons. The largest absolute Gasteiger partial charge is 0.493 e. The Hall–Kier alpha value is -2.64. The summed E-state index contributed by atoms with van der Waals surface area (Å²) in [6, 6.07) is 7.29. The van der Waals surface area contributed by atoms with E-state index in [-0.39, 0.29) is 13.0 Å². The molecule has 0 amide bonds. The fraction of sp³-hybridized carbons (Fsp3) is 0.400. The third-order valence-electron chi connectivity index (χ3n) is 4.70. The van der Waals surface area contributed by atoms with Crippen molar-refractivity contribution in [3.05, 3.63) is 29.8 Å². The van der Waals surface area contributed by atoms with Crippen molar-refractivity contribution >= 4 is 0 Å². The summed E-state index contributed by atoms with van der Waals surface area (Å²) in [4.78, 5) is 0. The summed E-state index contributed by atoms with van der Waals surface area (Å²) in [5.41, 5.74) is 0.889. The molecule has 2 aromatic carbocycles. The third kappa shape index (κ3) is 3.36. The van der Waals surface area contributed by atoms with Gasteiger partial charge in [-0.25, -0.2) is 0 Å². The number of rotatable bonds is 5. The van der Waals surface area contributed by atoms with E-state index in [0.717, 1.165) is 16.7 Å². The molecule has 0 aromatic heterocycles. The van der Waals surface area contributed by atoms with Gasteiger partial charge in [-0.1, -0.05) is 0 Å². The molecule has 2 aromatic rings. The molecule has 0 spiro atoms. The molecule has 27 heavy (non-hydrogen) atoms. The van der Waals surface area contributed by atoms with Gasteiger partial charge < -0.3 is 33.9 Å². The number of aliphatic hydroxyl groups is 2. The molecule has 0 saturated carbocycles. The van der Waals surface area contributed by atoms with E-state index in [1.165, 1.54) is 7.11 Å². The maximum absolute atomic E-state index is 10.8. The Kier molecular flexibility index (Phi) is 5.34. The van der Waals surface area contributed by atoms with Crippen molar-refractivity contribution in [3.8, 4) is 39.9 Å². The zero-order chi connectivity index (χ0) is 19.6. The minimum atomic E-state index is -1.46. The van der Waals surface area contributed by atoms with Crippen LogP contribution in [0.2, 0.25) is 0 Å². The Morgan fingerprint density at radius 1 is 0.926 bits per heavy atom. The van der Waals surface area contributed by atoms with Crippen molar-refractivity contribution in [2.75, 3.05) is 41.7 Å². The van der Waals surface area contributed by atoms with E-state index < -0.39 is 12.2 Å². The van der Waals surface area contributed by atoms with Gasteiger partial charge in [0.15, 0.2) is 23.0 Å². The number of aliphatic hydroxyl groups excluding tert-OH is 1. The lowest BCUT2D eigenvalue weighted by Crippen LogP contribution is -2.43. The third-order valence-corrected chi connectivity index (χ3v) is 4.70. The number of hydrogen-bond donors (Lipinski definition) is 2. The number of benzene rings is 2. The Balaban J connectivity index is 2.32. The molecule has 3 rings (SSSR count). The predicted molar refractivity (Wildman–Crippen MR) is 99.3 cm³/mol. The molecule has 0 bridgehead atoms. The molecule has 0 saturated heterocycles. The summed E-state index contributed by atoms with van der Waals surface area (Å²) >= 11 is 0. The average molecular weight is 376 g/mol. The fourth-order valence-electron chi connectivity index (χ4n) is 3.29. The molecule has 1 aliphatic rings. The minimum absolute atomic E-state index is 0.103. The molecule has 7 nitrogen and oxygen atoms in total.